The lowest BCUT2D eigenvalue weighted by molar-refractivity contribution is -0.145. The molecule has 2 aromatic heterocycles. The van der Waals surface area contributed by atoms with Crippen LogP contribution in [0.4, 0.5) is 5.82 Å². The molecule has 0 aliphatic carbocycles. The average molecular weight is 478 g/mol. The van der Waals surface area contributed by atoms with E-state index in [2.05, 4.69) is 20.9 Å². The van der Waals surface area contributed by atoms with Crippen molar-refractivity contribution in [2.45, 2.75) is 26.4 Å². The molecule has 2 heterocycles. The third-order valence-corrected chi connectivity index (χ3v) is 5.62. The topological polar surface area (TPSA) is 114 Å². The second-order valence-corrected chi connectivity index (χ2v) is 8.05. The Morgan fingerprint density at radius 3 is 2.83 bits per heavy atom. The number of aromatic nitrogens is 3. The Bertz CT molecular complexity index is 1300. The number of nitrogens with two attached hydrogens (primary N) is 1. The van der Waals surface area contributed by atoms with Gasteiger partial charge in [0.2, 0.25) is 0 Å². The zero-order valence-corrected chi connectivity index (χ0v) is 20.1. The fraction of sp³-hybridized carbons (Fsp3) is 0.346. The Labute approximate surface area is 204 Å². The van der Waals surface area contributed by atoms with Crippen molar-refractivity contribution >= 4 is 33.7 Å². The zero-order valence-electron chi connectivity index (χ0n) is 20.1. The van der Waals surface area contributed by atoms with E-state index in [1.165, 1.54) is 0 Å². The van der Waals surface area contributed by atoms with E-state index in [9.17, 15) is 4.79 Å². The molecule has 9 heteroatoms. The number of ether oxygens (including phenoxy) is 3. The fourth-order valence-corrected chi connectivity index (χ4v) is 4.04. The molecule has 0 unspecified atom stereocenters. The molecule has 0 spiro atoms. The number of methoxy groups -OCH3 is 1. The number of anilines is 1. The smallest absolute Gasteiger partial charge is 0.344 e. The number of nitrogens with one attached hydrogen (secondary N) is 1. The predicted molar refractivity (Wildman–Crippen MR) is 135 cm³/mol. The predicted octanol–water partition coefficient (Wildman–Crippen LogP) is 3.09. The summed E-state index contributed by atoms with van der Waals surface area (Å²) in [5.74, 6) is 1.61. The number of carbonyl (C=O) groups is 1. The first-order valence-electron chi connectivity index (χ1n) is 11.7. The highest BCUT2D eigenvalue weighted by Gasteiger charge is 2.17. The van der Waals surface area contributed by atoms with E-state index < -0.39 is 0 Å². The van der Waals surface area contributed by atoms with Gasteiger partial charge < -0.3 is 29.8 Å². The summed E-state index contributed by atoms with van der Waals surface area (Å²) in [6.45, 7) is 4.66. The first-order valence-corrected chi connectivity index (χ1v) is 11.7. The summed E-state index contributed by atoms with van der Waals surface area (Å²) in [6.07, 6.45) is 0.679. The standard InChI is InChI=1S/C26H31N5O4/c1-3-34-23(32)17-35-19-8-6-7-18(15-19)16-28-12-13-31-22(11-14-33-2)30-24-25(31)20-9-4-5-10-21(20)29-26(24)27/h4-10,15,28H,3,11-14,16-17H2,1-2H3,(H2,27,29). The van der Waals surface area contributed by atoms with Gasteiger partial charge in [0.15, 0.2) is 12.4 Å². The van der Waals surface area contributed by atoms with Crippen LogP contribution in [-0.4, -0.2) is 54.0 Å². The van der Waals surface area contributed by atoms with Gasteiger partial charge in [0.1, 0.15) is 17.1 Å². The van der Waals surface area contributed by atoms with Gasteiger partial charge in [-0.25, -0.2) is 14.8 Å². The fourth-order valence-electron chi connectivity index (χ4n) is 4.04. The molecule has 0 radical (unpaired) electrons. The first kappa shape index (κ1) is 24.4. The molecule has 4 rings (SSSR count). The van der Waals surface area contributed by atoms with E-state index in [0.717, 1.165) is 39.9 Å². The second kappa shape index (κ2) is 11.6. The van der Waals surface area contributed by atoms with E-state index in [4.69, 9.17) is 24.9 Å². The molecular weight excluding hydrogens is 446 g/mol. The van der Waals surface area contributed by atoms with Gasteiger partial charge >= 0.3 is 5.97 Å². The van der Waals surface area contributed by atoms with Gasteiger partial charge in [-0.1, -0.05) is 30.3 Å². The minimum atomic E-state index is -0.378. The van der Waals surface area contributed by atoms with Crippen LogP contribution in [0.3, 0.4) is 0 Å². The van der Waals surface area contributed by atoms with E-state index in [1.807, 2.05) is 42.5 Å². The van der Waals surface area contributed by atoms with E-state index >= 15 is 0 Å². The minimum Gasteiger partial charge on any atom is -0.482 e. The summed E-state index contributed by atoms with van der Waals surface area (Å²) >= 11 is 0. The molecule has 35 heavy (non-hydrogen) atoms. The Balaban J connectivity index is 1.46. The van der Waals surface area contributed by atoms with Gasteiger partial charge in [-0.3, -0.25) is 0 Å². The number of benzene rings is 2. The molecule has 0 bridgehead atoms. The third-order valence-electron chi connectivity index (χ3n) is 5.62. The number of fused-ring (bicyclic) bond motifs is 3. The highest BCUT2D eigenvalue weighted by Crippen LogP contribution is 2.28. The number of rotatable bonds is 12. The Hall–Kier alpha value is -3.69. The number of imidazole rings is 1. The average Bonchev–Trinajstić information content (AvgIpc) is 3.24. The van der Waals surface area contributed by atoms with E-state index in [-0.39, 0.29) is 12.6 Å². The maximum atomic E-state index is 11.5. The number of nitrogens with zero attached hydrogens (tertiary/aromatic N) is 3. The Morgan fingerprint density at radius 1 is 1.14 bits per heavy atom. The van der Waals surface area contributed by atoms with Crippen LogP contribution >= 0.6 is 0 Å². The highest BCUT2D eigenvalue weighted by molar-refractivity contribution is 6.06. The largest absolute Gasteiger partial charge is 0.482 e. The van der Waals surface area contributed by atoms with E-state index in [0.29, 0.717) is 44.3 Å². The molecule has 0 aliphatic rings. The van der Waals surface area contributed by atoms with Gasteiger partial charge in [-0.2, -0.15) is 0 Å². The van der Waals surface area contributed by atoms with Gasteiger partial charge in [0.25, 0.3) is 0 Å². The van der Waals surface area contributed by atoms with Crippen molar-refractivity contribution in [2.24, 2.45) is 0 Å². The molecule has 2 aromatic carbocycles. The molecule has 0 aliphatic heterocycles. The monoisotopic (exact) mass is 477 g/mol. The second-order valence-electron chi connectivity index (χ2n) is 8.05. The number of pyridine rings is 1. The van der Waals surface area contributed by atoms with Gasteiger partial charge in [0, 0.05) is 38.6 Å². The van der Waals surface area contributed by atoms with Crippen molar-refractivity contribution in [3.8, 4) is 5.75 Å². The third kappa shape index (κ3) is 5.87. The SMILES string of the molecule is CCOC(=O)COc1cccc(CNCCn2c(CCOC)nc3c(N)nc4ccccc4c32)c1. The van der Waals surface area contributed by atoms with Crippen LogP contribution in [0.1, 0.15) is 18.3 Å². The van der Waals surface area contributed by atoms with Crippen molar-refractivity contribution in [1.29, 1.82) is 0 Å². The van der Waals surface area contributed by atoms with Crippen molar-refractivity contribution in [2.75, 3.05) is 39.2 Å². The zero-order chi connectivity index (χ0) is 24.6. The van der Waals surface area contributed by atoms with E-state index in [1.54, 1.807) is 14.0 Å². The first-order chi connectivity index (χ1) is 17.1. The number of para-hydroxylation sites is 1. The van der Waals surface area contributed by atoms with Crippen LogP contribution in [0, 0.1) is 0 Å². The molecule has 0 fully saturated rings. The lowest BCUT2D eigenvalue weighted by Gasteiger charge is -2.12. The molecular formula is C26H31N5O4. The van der Waals surface area contributed by atoms with Crippen LogP contribution in [0.25, 0.3) is 21.9 Å². The highest BCUT2D eigenvalue weighted by atomic mass is 16.6. The van der Waals surface area contributed by atoms with Gasteiger partial charge in [0.05, 0.1) is 24.2 Å². The van der Waals surface area contributed by atoms with Crippen LogP contribution in [-0.2, 0) is 33.8 Å². The molecule has 3 N–H and O–H groups in total. The Morgan fingerprint density at radius 2 is 2.00 bits per heavy atom. The number of carbonyl (C=O) groups excluding carboxylic acids is 1. The molecule has 0 amide bonds. The summed E-state index contributed by atoms with van der Waals surface area (Å²) in [6, 6.07) is 15.6. The number of hydrogen-bond donors (Lipinski definition) is 2. The summed E-state index contributed by atoms with van der Waals surface area (Å²) in [4.78, 5) is 20.9. The summed E-state index contributed by atoms with van der Waals surface area (Å²) in [7, 11) is 1.68. The number of nitrogen functional groups attached to an aromatic ring is 1. The minimum absolute atomic E-state index is 0.103. The maximum absolute atomic E-state index is 11.5. The molecule has 0 saturated heterocycles. The maximum Gasteiger partial charge on any atom is 0.344 e. The van der Waals surface area contributed by atoms with Crippen LogP contribution in [0.15, 0.2) is 48.5 Å². The van der Waals surface area contributed by atoms with Crippen molar-refractivity contribution in [1.82, 2.24) is 19.9 Å². The lowest BCUT2D eigenvalue weighted by atomic mass is 10.2. The number of esters is 1. The number of hydrogen-bond acceptors (Lipinski definition) is 8. The summed E-state index contributed by atoms with van der Waals surface area (Å²) < 4.78 is 17.9. The van der Waals surface area contributed by atoms with Crippen LogP contribution < -0.4 is 15.8 Å². The molecule has 4 aromatic rings. The molecule has 184 valence electrons. The summed E-state index contributed by atoms with van der Waals surface area (Å²) in [5.41, 5.74) is 9.89. The van der Waals surface area contributed by atoms with Crippen molar-refractivity contribution in [3.63, 3.8) is 0 Å². The Kier molecular flexibility index (Phi) is 8.12. The normalized spacial score (nSPS) is 11.3. The molecule has 9 nitrogen and oxygen atoms in total. The molecule has 0 atom stereocenters. The van der Waals surface area contributed by atoms with Crippen molar-refractivity contribution in [3.05, 3.63) is 59.9 Å². The summed E-state index contributed by atoms with van der Waals surface area (Å²) in [5, 5.41) is 4.52. The van der Waals surface area contributed by atoms with Gasteiger partial charge in [-0.05, 0) is 30.7 Å². The quantitative estimate of drug-likeness (QED) is 0.236. The van der Waals surface area contributed by atoms with Crippen LogP contribution in [0.5, 0.6) is 5.75 Å². The van der Waals surface area contributed by atoms with Crippen molar-refractivity contribution < 1.29 is 19.0 Å². The van der Waals surface area contributed by atoms with Gasteiger partial charge in [-0.15, -0.1) is 0 Å². The lowest BCUT2D eigenvalue weighted by Crippen LogP contribution is -2.21. The molecule has 0 saturated carbocycles. The van der Waals surface area contributed by atoms with Crippen LogP contribution in [0.2, 0.25) is 0 Å².